The number of furan rings is 1. The van der Waals surface area contributed by atoms with E-state index in [2.05, 4.69) is 15.4 Å². The molecule has 0 aliphatic heterocycles. The number of nitrogens with one attached hydrogen (secondary N) is 1. The molecule has 8 nitrogen and oxygen atoms in total. The van der Waals surface area contributed by atoms with E-state index in [0.717, 1.165) is 10.9 Å². The van der Waals surface area contributed by atoms with Crippen LogP contribution in [0.2, 0.25) is 0 Å². The number of carbonyl (C=O) groups is 2. The molecule has 1 aromatic carbocycles. The number of pyridine rings is 1. The second-order valence-electron chi connectivity index (χ2n) is 6.38. The molecule has 0 aliphatic carbocycles. The summed E-state index contributed by atoms with van der Waals surface area (Å²) in [6.45, 7) is 1.90. The second kappa shape index (κ2) is 7.97. The highest BCUT2D eigenvalue weighted by molar-refractivity contribution is 6.03. The van der Waals surface area contributed by atoms with Gasteiger partial charge in [-0.15, -0.1) is 0 Å². The number of fused-ring (bicyclic) bond motifs is 1. The first kappa shape index (κ1) is 18.4. The van der Waals surface area contributed by atoms with E-state index in [1.54, 1.807) is 53.6 Å². The van der Waals surface area contributed by atoms with Crippen LogP contribution in [0, 0.1) is 0 Å². The highest BCUT2D eigenvalue weighted by Crippen LogP contribution is 2.21. The molecule has 0 saturated carbocycles. The third-order valence-electron chi connectivity index (χ3n) is 4.30. The summed E-state index contributed by atoms with van der Waals surface area (Å²) in [4.78, 5) is 29.1. The third-order valence-corrected chi connectivity index (χ3v) is 4.30. The van der Waals surface area contributed by atoms with Crippen LogP contribution in [0.1, 0.15) is 23.2 Å². The van der Waals surface area contributed by atoms with Crippen LogP contribution in [0.15, 0.2) is 71.5 Å². The quantitative estimate of drug-likeness (QED) is 0.507. The van der Waals surface area contributed by atoms with Crippen molar-refractivity contribution in [1.29, 1.82) is 0 Å². The monoisotopic (exact) mass is 390 g/mol. The summed E-state index contributed by atoms with van der Waals surface area (Å²) in [5.41, 5.74) is 1.36. The summed E-state index contributed by atoms with van der Waals surface area (Å²) >= 11 is 0. The van der Waals surface area contributed by atoms with Crippen LogP contribution in [0.3, 0.4) is 0 Å². The lowest BCUT2D eigenvalue weighted by atomic mass is 10.2. The van der Waals surface area contributed by atoms with E-state index in [9.17, 15) is 9.59 Å². The number of esters is 1. The summed E-state index contributed by atoms with van der Waals surface area (Å²) < 4.78 is 12.4. The minimum atomic E-state index is -1.01. The zero-order chi connectivity index (χ0) is 20.2. The van der Waals surface area contributed by atoms with Gasteiger partial charge in [-0.05, 0) is 49.4 Å². The number of nitrogens with zero attached hydrogens (tertiary/aromatic N) is 3. The Hall–Kier alpha value is -3.94. The van der Waals surface area contributed by atoms with Gasteiger partial charge >= 0.3 is 5.97 Å². The van der Waals surface area contributed by atoms with Crippen molar-refractivity contribution in [2.24, 2.45) is 0 Å². The Balaban J connectivity index is 1.39. The largest absolute Gasteiger partial charge is 0.452 e. The number of rotatable bonds is 6. The molecule has 0 spiro atoms. The Morgan fingerprint density at radius 3 is 2.86 bits per heavy atom. The maximum Gasteiger partial charge on any atom is 0.375 e. The molecule has 1 amide bonds. The standard InChI is InChI=1S/C21H18N4O4/c1-14(20(26)24-18-7-2-6-17-16(18)5-3-10-22-17)28-21(27)19-9-8-15(29-19)13-25-12-4-11-23-25/h2-12,14H,13H2,1H3,(H,24,26). The van der Waals surface area contributed by atoms with Crippen LogP contribution in [0.4, 0.5) is 5.69 Å². The van der Waals surface area contributed by atoms with Gasteiger partial charge in [0, 0.05) is 24.0 Å². The fourth-order valence-electron chi connectivity index (χ4n) is 2.85. The van der Waals surface area contributed by atoms with Crippen LogP contribution < -0.4 is 5.32 Å². The Morgan fingerprint density at radius 1 is 1.14 bits per heavy atom. The molecule has 0 radical (unpaired) electrons. The summed E-state index contributed by atoms with van der Waals surface area (Å²) in [5, 5.41) is 7.66. The van der Waals surface area contributed by atoms with E-state index >= 15 is 0 Å². The van der Waals surface area contributed by atoms with Gasteiger partial charge in [0.1, 0.15) is 5.76 Å². The molecule has 0 aliphatic rings. The van der Waals surface area contributed by atoms with Crippen molar-refractivity contribution in [3.05, 3.63) is 78.6 Å². The van der Waals surface area contributed by atoms with E-state index < -0.39 is 18.0 Å². The molecule has 8 heteroatoms. The van der Waals surface area contributed by atoms with Gasteiger partial charge in [0.25, 0.3) is 5.91 Å². The number of benzene rings is 1. The number of carbonyl (C=O) groups excluding carboxylic acids is 2. The molecule has 4 aromatic rings. The molecule has 0 fully saturated rings. The van der Waals surface area contributed by atoms with E-state index in [0.29, 0.717) is 18.0 Å². The predicted octanol–water partition coefficient (Wildman–Crippen LogP) is 3.26. The van der Waals surface area contributed by atoms with Crippen molar-refractivity contribution in [2.75, 3.05) is 5.32 Å². The highest BCUT2D eigenvalue weighted by atomic mass is 16.6. The zero-order valence-electron chi connectivity index (χ0n) is 15.6. The molecular formula is C21H18N4O4. The maximum atomic E-state index is 12.5. The number of hydrogen-bond acceptors (Lipinski definition) is 6. The Kier molecular flexibility index (Phi) is 5.07. The first-order chi connectivity index (χ1) is 14.1. The smallest absolute Gasteiger partial charge is 0.375 e. The van der Waals surface area contributed by atoms with Crippen molar-refractivity contribution < 1.29 is 18.7 Å². The minimum Gasteiger partial charge on any atom is -0.452 e. The summed E-state index contributed by atoms with van der Waals surface area (Å²) in [6.07, 6.45) is 4.12. The maximum absolute atomic E-state index is 12.5. The molecule has 1 atom stereocenters. The third kappa shape index (κ3) is 4.16. The van der Waals surface area contributed by atoms with Gasteiger partial charge in [0.2, 0.25) is 5.76 Å². The fourth-order valence-corrected chi connectivity index (χ4v) is 2.85. The highest BCUT2D eigenvalue weighted by Gasteiger charge is 2.22. The number of anilines is 1. The average Bonchev–Trinajstić information content (AvgIpc) is 3.41. The van der Waals surface area contributed by atoms with Gasteiger partial charge < -0.3 is 14.5 Å². The zero-order valence-corrected chi connectivity index (χ0v) is 15.6. The van der Waals surface area contributed by atoms with E-state index in [1.807, 2.05) is 12.1 Å². The average molecular weight is 390 g/mol. The van der Waals surface area contributed by atoms with Crippen molar-refractivity contribution in [1.82, 2.24) is 14.8 Å². The van der Waals surface area contributed by atoms with Gasteiger partial charge in [0.15, 0.2) is 6.10 Å². The topological polar surface area (TPSA) is 99.3 Å². The molecule has 3 aromatic heterocycles. The minimum absolute atomic E-state index is 0.0289. The van der Waals surface area contributed by atoms with Crippen LogP contribution in [-0.2, 0) is 16.1 Å². The number of ether oxygens (including phenoxy) is 1. The van der Waals surface area contributed by atoms with Crippen LogP contribution in [-0.4, -0.2) is 32.7 Å². The van der Waals surface area contributed by atoms with E-state index in [-0.39, 0.29) is 5.76 Å². The van der Waals surface area contributed by atoms with Crippen molar-refractivity contribution in [3.8, 4) is 0 Å². The Labute approximate surface area is 166 Å². The van der Waals surface area contributed by atoms with Crippen molar-refractivity contribution >= 4 is 28.5 Å². The normalized spacial score (nSPS) is 11.9. The van der Waals surface area contributed by atoms with Crippen LogP contribution >= 0.6 is 0 Å². The predicted molar refractivity (Wildman–Crippen MR) is 105 cm³/mol. The van der Waals surface area contributed by atoms with Gasteiger partial charge in [-0.1, -0.05) is 6.07 Å². The summed E-state index contributed by atoms with van der Waals surface area (Å²) in [5.74, 6) is -0.570. The molecule has 0 saturated heterocycles. The molecule has 1 N–H and O–H groups in total. The van der Waals surface area contributed by atoms with E-state index in [1.165, 1.54) is 13.0 Å². The first-order valence-corrected chi connectivity index (χ1v) is 9.02. The summed E-state index contributed by atoms with van der Waals surface area (Å²) in [6, 6.07) is 14.1. The second-order valence-corrected chi connectivity index (χ2v) is 6.38. The molecule has 4 rings (SSSR count). The molecule has 0 bridgehead atoms. The lowest BCUT2D eigenvalue weighted by Crippen LogP contribution is -2.30. The van der Waals surface area contributed by atoms with Crippen LogP contribution in [0.5, 0.6) is 0 Å². The summed E-state index contributed by atoms with van der Waals surface area (Å²) in [7, 11) is 0. The molecule has 146 valence electrons. The Morgan fingerprint density at radius 2 is 2.03 bits per heavy atom. The lowest BCUT2D eigenvalue weighted by molar-refractivity contribution is -0.123. The van der Waals surface area contributed by atoms with Gasteiger partial charge in [-0.25, -0.2) is 4.79 Å². The number of hydrogen-bond donors (Lipinski definition) is 1. The fraction of sp³-hybridized carbons (Fsp3) is 0.143. The SMILES string of the molecule is CC(OC(=O)c1ccc(Cn2cccn2)o1)C(=O)Nc1cccc2ncccc12. The van der Waals surface area contributed by atoms with Crippen molar-refractivity contribution in [2.45, 2.75) is 19.6 Å². The molecular weight excluding hydrogens is 372 g/mol. The van der Waals surface area contributed by atoms with Crippen LogP contribution in [0.25, 0.3) is 10.9 Å². The first-order valence-electron chi connectivity index (χ1n) is 9.02. The molecule has 29 heavy (non-hydrogen) atoms. The molecule has 3 heterocycles. The van der Waals surface area contributed by atoms with E-state index in [4.69, 9.17) is 9.15 Å². The van der Waals surface area contributed by atoms with Gasteiger partial charge in [-0.2, -0.15) is 5.10 Å². The van der Waals surface area contributed by atoms with Gasteiger partial charge in [-0.3, -0.25) is 14.5 Å². The van der Waals surface area contributed by atoms with Gasteiger partial charge in [0.05, 0.1) is 17.7 Å². The lowest BCUT2D eigenvalue weighted by Gasteiger charge is -2.14. The molecule has 1 unspecified atom stereocenters. The number of amides is 1. The number of aromatic nitrogens is 3. The Bertz CT molecular complexity index is 1150. The van der Waals surface area contributed by atoms with Crippen molar-refractivity contribution in [3.63, 3.8) is 0 Å².